The Morgan fingerprint density at radius 3 is 2.71 bits per heavy atom. The highest BCUT2D eigenvalue weighted by Gasteiger charge is 2.10. The Kier molecular flexibility index (Phi) is 3.77. The van der Waals surface area contributed by atoms with Gasteiger partial charge in [-0.15, -0.1) is 0 Å². The molecule has 3 rings (SSSR count). The molecule has 4 nitrogen and oxygen atoms in total. The second-order valence-electron chi connectivity index (χ2n) is 5.23. The Labute approximate surface area is 124 Å². The van der Waals surface area contributed by atoms with Gasteiger partial charge in [0.1, 0.15) is 11.5 Å². The lowest BCUT2D eigenvalue weighted by Gasteiger charge is -2.10. The van der Waals surface area contributed by atoms with Crippen LogP contribution in [0.5, 0.6) is 0 Å². The third-order valence-corrected chi connectivity index (χ3v) is 3.39. The van der Waals surface area contributed by atoms with Crippen LogP contribution in [0.4, 0.5) is 5.69 Å². The third-order valence-electron chi connectivity index (χ3n) is 3.39. The molecule has 0 aliphatic rings. The molecule has 0 radical (unpaired) electrons. The third kappa shape index (κ3) is 3.34. The predicted molar refractivity (Wildman–Crippen MR) is 83.3 cm³/mol. The van der Waals surface area contributed by atoms with Crippen LogP contribution in [-0.4, -0.2) is 9.78 Å². The molecule has 3 aromatic rings. The molecular weight excluding hydrogens is 262 g/mol. The van der Waals surface area contributed by atoms with Gasteiger partial charge in [-0.1, -0.05) is 30.3 Å². The summed E-state index contributed by atoms with van der Waals surface area (Å²) < 4.78 is 7.56. The number of hydrogen-bond donors (Lipinski definition) is 1. The monoisotopic (exact) mass is 281 g/mol. The number of nitrogens with zero attached hydrogens (tertiary/aromatic N) is 2. The molecule has 1 atom stereocenters. The fourth-order valence-corrected chi connectivity index (χ4v) is 2.30. The summed E-state index contributed by atoms with van der Waals surface area (Å²) in [6, 6.07) is 14.4. The zero-order valence-corrected chi connectivity index (χ0v) is 12.3. The van der Waals surface area contributed by atoms with Crippen molar-refractivity contribution in [3.8, 4) is 0 Å². The minimum atomic E-state index is 0.119. The molecule has 108 valence electrons. The summed E-state index contributed by atoms with van der Waals surface area (Å²) in [7, 11) is 0. The van der Waals surface area contributed by atoms with Gasteiger partial charge in [-0.2, -0.15) is 5.10 Å². The van der Waals surface area contributed by atoms with E-state index in [0.29, 0.717) is 0 Å². The highest BCUT2D eigenvalue weighted by Crippen LogP contribution is 2.20. The van der Waals surface area contributed by atoms with Crippen molar-refractivity contribution >= 4 is 5.69 Å². The molecule has 0 saturated carbocycles. The lowest BCUT2D eigenvalue weighted by atomic mass is 10.2. The number of furan rings is 1. The van der Waals surface area contributed by atoms with E-state index in [1.165, 1.54) is 5.56 Å². The topological polar surface area (TPSA) is 43.0 Å². The molecule has 1 aromatic carbocycles. The Morgan fingerprint density at radius 2 is 2.00 bits per heavy atom. The van der Waals surface area contributed by atoms with E-state index in [9.17, 15) is 0 Å². The van der Waals surface area contributed by atoms with E-state index in [0.717, 1.165) is 23.8 Å². The van der Waals surface area contributed by atoms with E-state index in [1.54, 1.807) is 0 Å². The number of hydrogen-bond acceptors (Lipinski definition) is 3. The molecule has 2 aromatic heterocycles. The Bertz CT molecular complexity index is 700. The molecule has 0 fully saturated rings. The Hall–Kier alpha value is -2.49. The van der Waals surface area contributed by atoms with E-state index >= 15 is 0 Å². The maximum absolute atomic E-state index is 5.63. The lowest BCUT2D eigenvalue weighted by Crippen LogP contribution is -2.05. The molecular formula is C17H19N3O. The second-order valence-corrected chi connectivity index (χ2v) is 5.23. The quantitative estimate of drug-likeness (QED) is 0.768. The largest absolute Gasteiger partial charge is 0.464 e. The van der Waals surface area contributed by atoms with Gasteiger partial charge in [0.25, 0.3) is 0 Å². The number of benzene rings is 1. The first-order chi connectivity index (χ1) is 10.2. The van der Waals surface area contributed by atoms with Crippen molar-refractivity contribution in [1.82, 2.24) is 9.78 Å². The number of nitrogens with one attached hydrogen (secondary N) is 1. The molecule has 0 aliphatic heterocycles. The Balaban J connectivity index is 1.65. The van der Waals surface area contributed by atoms with E-state index in [2.05, 4.69) is 29.5 Å². The fraction of sp³-hybridized carbons (Fsp3) is 0.235. The second kappa shape index (κ2) is 5.87. The molecule has 4 heteroatoms. The van der Waals surface area contributed by atoms with Gasteiger partial charge in [-0.25, -0.2) is 0 Å². The Morgan fingerprint density at radius 1 is 1.19 bits per heavy atom. The number of aryl methyl sites for hydroxylation is 1. The first-order valence-electron chi connectivity index (χ1n) is 7.10. The summed E-state index contributed by atoms with van der Waals surface area (Å²) in [4.78, 5) is 0. The van der Waals surface area contributed by atoms with E-state index in [4.69, 9.17) is 4.42 Å². The van der Waals surface area contributed by atoms with Gasteiger partial charge in [0.05, 0.1) is 24.5 Å². The smallest absolute Gasteiger partial charge is 0.126 e. The average Bonchev–Trinajstić information content (AvgIpc) is 3.09. The van der Waals surface area contributed by atoms with Crippen LogP contribution in [0.15, 0.2) is 59.3 Å². The van der Waals surface area contributed by atoms with Gasteiger partial charge >= 0.3 is 0 Å². The van der Waals surface area contributed by atoms with Crippen molar-refractivity contribution in [3.63, 3.8) is 0 Å². The van der Waals surface area contributed by atoms with Crippen LogP contribution in [0.1, 0.15) is 30.0 Å². The lowest BCUT2D eigenvalue weighted by molar-refractivity contribution is 0.467. The molecule has 0 bridgehead atoms. The molecule has 0 aliphatic carbocycles. The zero-order chi connectivity index (χ0) is 14.7. The number of anilines is 1. The summed E-state index contributed by atoms with van der Waals surface area (Å²) >= 11 is 0. The highest BCUT2D eigenvalue weighted by molar-refractivity contribution is 5.40. The van der Waals surface area contributed by atoms with Crippen molar-refractivity contribution < 1.29 is 4.42 Å². The van der Waals surface area contributed by atoms with Crippen LogP contribution in [-0.2, 0) is 6.54 Å². The predicted octanol–water partition coefficient (Wildman–Crippen LogP) is 4.01. The van der Waals surface area contributed by atoms with Crippen LogP contribution < -0.4 is 5.32 Å². The minimum absolute atomic E-state index is 0.119. The summed E-state index contributed by atoms with van der Waals surface area (Å²) in [5, 5.41) is 7.79. The molecule has 1 unspecified atom stereocenters. The number of aromatic nitrogens is 2. The number of rotatable bonds is 5. The van der Waals surface area contributed by atoms with Gasteiger partial charge < -0.3 is 9.73 Å². The van der Waals surface area contributed by atoms with E-state index in [1.807, 2.05) is 54.3 Å². The van der Waals surface area contributed by atoms with Crippen molar-refractivity contribution in [3.05, 3.63) is 71.9 Å². The maximum Gasteiger partial charge on any atom is 0.126 e. The first-order valence-corrected chi connectivity index (χ1v) is 7.10. The normalized spacial score (nSPS) is 12.3. The minimum Gasteiger partial charge on any atom is -0.464 e. The van der Waals surface area contributed by atoms with Gasteiger partial charge in [0, 0.05) is 6.20 Å². The summed E-state index contributed by atoms with van der Waals surface area (Å²) in [6.45, 7) is 4.80. The molecule has 0 amide bonds. The van der Waals surface area contributed by atoms with Crippen LogP contribution in [0, 0.1) is 6.92 Å². The standard InChI is InChI=1S/C17H19N3O/c1-13-8-9-17(21-13)14(2)19-16-10-18-20(12-16)11-15-6-4-3-5-7-15/h3-10,12,14,19H,11H2,1-2H3. The van der Waals surface area contributed by atoms with Crippen LogP contribution in [0.2, 0.25) is 0 Å². The van der Waals surface area contributed by atoms with Crippen molar-refractivity contribution in [1.29, 1.82) is 0 Å². The van der Waals surface area contributed by atoms with Crippen molar-refractivity contribution in [2.24, 2.45) is 0 Å². The van der Waals surface area contributed by atoms with Crippen molar-refractivity contribution in [2.75, 3.05) is 5.32 Å². The molecule has 2 heterocycles. The van der Waals surface area contributed by atoms with E-state index < -0.39 is 0 Å². The molecule has 21 heavy (non-hydrogen) atoms. The molecule has 0 saturated heterocycles. The van der Waals surface area contributed by atoms with Crippen molar-refractivity contribution in [2.45, 2.75) is 26.4 Å². The molecule has 0 spiro atoms. The van der Waals surface area contributed by atoms with Gasteiger partial charge in [-0.05, 0) is 31.5 Å². The SMILES string of the molecule is Cc1ccc(C(C)Nc2cnn(Cc3ccccc3)c2)o1. The van der Waals surface area contributed by atoms with E-state index in [-0.39, 0.29) is 6.04 Å². The summed E-state index contributed by atoms with van der Waals surface area (Å²) in [5.74, 6) is 1.86. The maximum atomic E-state index is 5.63. The van der Waals surface area contributed by atoms with Gasteiger partial charge in [-0.3, -0.25) is 4.68 Å². The van der Waals surface area contributed by atoms with Crippen LogP contribution in [0.25, 0.3) is 0 Å². The van der Waals surface area contributed by atoms with Crippen LogP contribution >= 0.6 is 0 Å². The fourth-order valence-electron chi connectivity index (χ4n) is 2.30. The van der Waals surface area contributed by atoms with Gasteiger partial charge in [0.15, 0.2) is 0 Å². The average molecular weight is 281 g/mol. The van der Waals surface area contributed by atoms with Crippen LogP contribution in [0.3, 0.4) is 0 Å². The summed E-state index contributed by atoms with van der Waals surface area (Å²) in [6.07, 6.45) is 3.86. The first kappa shape index (κ1) is 13.5. The summed E-state index contributed by atoms with van der Waals surface area (Å²) in [5.41, 5.74) is 2.23. The zero-order valence-electron chi connectivity index (χ0n) is 12.3. The molecule has 1 N–H and O–H groups in total. The highest BCUT2D eigenvalue weighted by atomic mass is 16.3. The van der Waals surface area contributed by atoms with Gasteiger partial charge in [0.2, 0.25) is 0 Å².